The van der Waals surface area contributed by atoms with Gasteiger partial charge in [-0.1, -0.05) is 6.07 Å². The number of pyridine rings is 1. The molecule has 0 amide bonds. The van der Waals surface area contributed by atoms with E-state index in [1.807, 2.05) is 6.07 Å². The van der Waals surface area contributed by atoms with Crippen LogP contribution in [0.25, 0.3) is 11.8 Å². The van der Waals surface area contributed by atoms with Gasteiger partial charge in [0.1, 0.15) is 11.5 Å². The normalized spacial score (nSPS) is 11.3. The Morgan fingerprint density at radius 2 is 2.07 bits per heavy atom. The molecule has 0 saturated carbocycles. The number of hydrogen-bond acceptors (Lipinski definition) is 4. The first kappa shape index (κ1) is 9.33. The molecule has 0 aromatic carbocycles. The molecule has 0 radical (unpaired) electrons. The lowest BCUT2D eigenvalue weighted by Crippen LogP contribution is -1.88. The second-order valence-electron chi connectivity index (χ2n) is 2.87. The van der Waals surface area contributed by atoms with Crippen LogP contribution >= 0.6 is 0 Å². The number of hydrogen-bond donors (Lipinski definition) is 1. The average molecular weight is 199 g/mol. The van der Waals surface area contributed by atoms with Crippen molar-refractivity contribution in [2.75, 3.05) is 0 Å². The number of aliphatic hydroxyl groups excluding tert-OH is 1. The topological polar surface area (TPSA) is 58.9 Å². The monoisotopic (exact) mass is 199 g/mol. The summed E-state index contributed by atoms with van der Waals surface area (Å²) < 4.78 is 0. The van der Waals surface area contributed by atoms with Crippen molar-refractivity contribution in [1.29, 1.82) is 0 Å². The first-order valence-electron chi connectivity index (χ1n) is 4.44. The van der Waals surface area contributed by atoms with Crippen molar-refractivity contribution in [1.82, 2.24) is 15.0 Å². The molecule has 0 aliphatic rings. The molecule has 0 bridgehead atoms. The molecule has 4 nitrogen and oxygen atoms in total. The van der Waals surface area contributed by atoms with Gasteiger partial charge in [-0.05, 0) is 12.1 Å². The lowest BCUT2D eigenvalue weighted by molar-refractivity contribution is 0.512. The van der Waals surface area contributed by atoms with Gasteiger partial charge < -0.3 is 5.11 Å². The molecule has 2 rings (SSSR count). The molecule has 2 heterocycles. The first-order chi connectivity index (χ1) is 7.36. The number of nitrogens with zero attached hydrogens (tertiary/aromatic N) is 3. The highest BCUT2D eigenvalue weighted by atomic mass is 16.3. The second-order valence-corrected chi connectivity index (χ2v) is 2.87. The molecular formula is C11H9N3O. The summed E-state index contributed by atoms with van der Waals surface area (Å²) in [6, 6.07) is 5.32. The van der Waals surface area contributed by atoms with Crippen LogP contribution in [0.3, 0.4) is 0 Å². The molecule has 0 spiro atoms. The molecule has 74 valence electrons. The van der Waals surface area contributed by atoms with Crippen molar-refractivity contribution in [2.45, 2.75) is 0 Å². The quantitative estimate of drug-likeness (QED) is 0.751. The van der Waals surface area contributed by atoms with Crippen molar-refractivity contribution >= 4 is 11.8 Å². The van der Waals surface area contributed by atoms with Gasteiger partial charge in [0, 0.05) is 24.7 Å². The summed E-state index contributed by atoms with van der Waals surface area (Å²) in [7, 11) is 0. The predicted molar refractivity (Wildman–Crippen MR) is 56.8 cm³/mol. The maximum absolute atomic E-state index is 9.70. The average Bonchev–Trinajstić information content (AvgIpc) is 2.31. The van der Waals surface area contributed by atoms with Gasteiger partial charge in [0.05, 0.1) is 11.9 Å². The molecule has 0 aliphatic heterocycles. The minimum Gasteiger partial charge on any atom is -0.506 e. The van der Waals surface area contributed by atoms with Crippen LogP contribution in [0.5, 0.6) is 0 Å². The molecule has 15 heavy (non-hydrogen) atoms. The lowest BCUT2D eigenvalue weighted by atomic mass is 10.2. The van der Waals surface area contributed by atoms with E-state index in [4.69, 9.17) is 0 Å². The summed E-state index contributed by atoms with van der Waals surface area (Å²) in [5, 5.41) is 9.70. The Labute approximate surface area is 87.0 Å². The molecule has 0 aliphatic carbocycles. The third-order valence-corrected chi connectivity index (χ3v) is 1.80. The van der Waals surface area contributed by atoms with Crippen molar-refractivity contribution in [3.63, 3.8) is 0 Å². The van der Waals surface area contributed by atoms with Crippen LogP contribution < -0.4 is 0 Å². The van der Waals surface area contributed by atoms with Crippen molar-refractivity contribution < 1.29 is 5.11 Å². The van der Waals surface area contributed by atoms with Gasteiger partial charge in [-0.15, -0.1) is 0 Å². The molecule has 2 aromatic heterocycles. The fraction of sp³-hybridized carbons (Fsp3) is 0. The zero-order valence-electron chi connectivity index (χ0n) is 7.91. The van der Waals surface area contributed by atoms with Crippen LogP contribution in [-0.2, 0) is 0 Å². The van der Waals surface area contributed by atoms with Gasteiger partial charge in [0.2, 0.25) is 0 Å². The Kier molecular flexibility index (Phi) is 2.69. The molecule has 0 saturated heterocycles. The Morgan fingerprint density at radius 3 is 2.73 bits per heavy atom. The maximum Gasteiger partial charge on any atom is 0.143 e. The van der Waals surface area contributed by atoms with Gasteiger partial charge in [-0.25, -0.2) is 0 Å². The van der Waals surface area contributed by atoms with E-state index in [-0.39, 0.29) is 5.76 Å². The molecule has 0 fully saturated rings. The highest BCUT2D eigenvalue weighted by molar-refractivity contribution is 5.72. The number of aromatic nitrogens is 3. The maximum atomic E-state index is 9.70. The molecule has 0 atom stereocenters. The highest BCUT2D eigenvalue weighted by Crippen LogP contribution is 2.10. The van der Waals surface area contributed by atoms with E-state index >= 15 is 0 Å². The Hall–Kier alpha value is -2.23. The fourth-order valence-corrected chi connectivity index (χ4v) is 1.11. The first-order valence-corrected chi connectivity index (χ1v) is 4.44. The van der Waals surface area contributed by atoms with Crippen LogP contribution in [0.4, 0.5) is 0 Å². The van der Waals surface area contributed by atoms with Crippen LogP contribution in [0.15, 0.2) is 43.0 Å². The van der Waals surface area contributed by atoms with E-state index < -0.39 is 0 Å². The summed E-state index contributed by atoms with van der Waals surface area (Å²) in [4.78, 5) is 11.9. The van der Waals surface area contributed by atoms with Gasteiger partial charge in [-0.3, -0.25) is 15.0 Å². The number of rotatable bonds is 2. The molecule has 4 heteroatoms. The summed E-state index contributed by atoms with van der Waals surface area (Å²) >= 11 is 0. The van der Waals surface area contributed by atoms with E-state index in [9.17, 15) is 5.11 Å². The van der Waals surface area contributed by atoms with Crippen molar-refractivity contribution in [3.8, 4) is 0 Å². The SMILES string of the molecule is O/C(=C\c1cnccn1)c1ccccn1. The van der Waals surface area contributed by atoms with E-state index in [2.05, 4.69) is 15.0 Å². The summed E-state index contributed by atoms with van der Waals surface area (Å²) in [6.45, 7) is 0. The molecule has 2 aromatic rings. The van der Waals surface area contributed by atoms with Crippen LogP contribution in [-0.4, -0.2) is 20.1 Å². The van der Waals surface area contributed by atoms with E-state index in [1.165, 1.54) is 6.08 Å². The molecule has 0 unspecified atom stereocenters. The Bertz CT molecular complexity index is 454. The van der Waals surface area contributed by atoms with Crippen LogP contribution in [0.1, 0.15) is 11.4 Å². The van der Waals surface area contributed by atoms with Crippen LogP contribution in [0, 0.1) is 0 Å². The summed E-state index contributed by atoms with van der Waals surface area (Å²) in [6.07, 6.45) is 7.86. The van der Waals surface area contributed by atoms with E-state index in [1.54, 1.807) is 36.9 Å². The molecular weight excluding hydrogens is 190 g/mol. The zero-order valence-corrected chi connectivity index (χ0v) is 7.91. The standard InChI is InChI=1S/C11H9N3O/c15-11(10-3-1-2-4-14-10)7-9-8-12-5-6-13-9/h1-8,15H/b11-7-. The predicted octanol–water partition coefficient (Wildman–Crippen LogP) is 1.93. The van der Waals surface area contributed by atoms with Gasteiger partial charge >= 0.3 is 0 Å². The van der Waals surface area contributed by atoms with Crippen molar-refractivity contribution in [2.24, 2.45) is 0 Å². The van der Waals surface area contributed by atoms with Gasteiger partial charge in [0.25, 0.3) is 0 Å². The lowest BCUT2D eigenvalue weighted by Gasteiger charge is -1.97. The third-order valence-electron chi connectivity index (χ3n) is 1.80. The second kappa shape index (κ2) is 4.32. The minimum atomic E-state index is 0.0797. The zero-order chi connectivity index (χ0) is 10.5. The Balaban J connectivity index is 2.29. The smallest absolute Gasteiger partial charge is 0.143 e. The minimum absolute atomic E-state index is 0.0797. The van der Waals surface area contributed by atoms with Crippen LogP contribution in [0.2, 0.25) is 0 Å². The fourth-order valence-electron chi connectivity index (χ4n) is 1.11. The third kappa shape index (κ3) is 2.37. The summed E-state index contributed by atoms with van der Waals surface area (Å²) in [5.74, 6) is 0.0797. The van der Waals surface area contributed by atoms with Gasteiger partial charge in [0.15, 0.2) is 0 Å². The van der Waals surface area contributed by atoms with E-state index in [0.29, 0.717) is 11.4 Å². The van der Waals surface area contributed by atoms with Gasteiger partial charge in [-0.2, -0.15) is 0 Å². The number of aliphatic hydroxyl groups is 1. The van der Waals surface area contributed by atoms with Crippen molar-refractivity contribution in [3.05, 3.63) is 54.4 Å². The highest BCUT2D eigenvalue weighted by Gasteiger charge is 1.99. The Morgan fingerprint density at radius 1 is 1.13 bits per heavy atom. The largest absolute Gasteiger partial charge is 0.506 e. The van der Waals surface area contributed by atoms with E-state index in [0.717, 1.165) is 0 Å². The molecule has 1 N–H and O–H groups in total. The summed E-state index contributed by atoms with van der Waals surface area (Å²) in [5.41, 5.74) is 1.11.